The third-order valence-corrected chi connectivity index (χ3v) is 7.17. The van der Waals surface area contributed by atoms with E-state index >= 15 is 0 Å². The van der Waals surface area contributed by atoms with Gasteiger partial charge in [0, 0.05) is 19.6 Å². The topological polar surface area (TPSA) is 58.6 Å². The second kappa shape index (κ2) is 8.33. The standard InChI is InChI=1S/C22H28N2O3S/c1-17-5-7-19(8-6-17)22(16-24-11-13-27-14-12-24)23-28(25,26)21-10-9-18-3-2-4-20(18)15-21/h5-10,15,22-23H,2-4,11-14,16H2,1H3/t22-/m0/s1. The first-order valence-corrected chi connectivity index (χ1v) is 11.5. The van der Waals surface area contributed by atoms with Crippen LogP contribution in [0.3, 0.4) is 0 Å². The second-order valence-corrected chi connectivity index (χ2v) is 9.50. The van der Waals surface area contributed by atoms with Crippen LogP contribution in [0.25, 0.3) is 0 Å². The highest BCUT2D eigenvalue weighted by Gasteiger charge is 2.25. The van der Waals surface area contributed by atoms with E-state index in [1.807, 2.05) is 43.3 Å². The van der Waals surface area contributed by atoms with Crippen molar-refractivity contribution in [3.63, 3.8) is 0 Å². The molecule has 1 aliphatic heterocycles. The highest BCUT2D eigenvalue weighted by molar-refractivity contribution is 7.89. The van der Waals surface area contributed by atoms with Gasteiger partial charge >= 0.3 is 0 Å². The van der Waals surface area contributed by atoms with E-state index in [1.165, 1.54) is 11.1 Å². The van der Waals surface area contributed by atoms with Gasteiger partial charge in [-0.05, 0) is 55.0 Å². The largest absolute Gasteiger partial charge is 0.379 e. The van der Waals surface area contributed by atoms with Gasteiger partial charge in [-0.3, -0.25) is 4.90 Å². The molecule has 6 heteroatoms. The molecule has 1 fully saturated rings. The summed E-state index contributed by atoms with van der Waals surface area (Å²) in [5, 5.41) is 0. The highest BCUT2D eigenvalue weighted by atomic mass is 32.2. The molecule has 0 bridgehead atoms. The molecule has 150 valence electrons. The lowest BCUT2D eigenvalue weighted by molar-refractivity contribution is 0.0345. The summed E-state index contributed by atoms with van der Waals surface area (Å²) >= 11 is 0. The number of fused-ring (bicyclic) bond motifs is 1. The van der Waals surface area contributed by atoms with Crippen LogP contribution in [-0.4, -0.2) is 46.2 Å². The van der Waals surface area contributed by atoms with Crippen LogP contribution in [0.15, 0.2) is 47.4 Å². The number of nitrogens with zero attached hydrogens (tertiary/aromatic N) is 1. The zero-order valence-electron chi connectivity index (χ0n) is 16.4. The van der Waals surface area contributed by atoms with Crippen LogP contribution in [0, 0.1) is 6.92 Å². The summed E-state index contributed by atoms with van der Waals surface area (Å²) in [4.78, 5) is 2.63. The lowest BCUT2D eigenvalue weighted by atomic mass is 10.1. The number of rotatable bonds is 6. The molecule has 1 aliphatic carbocycles. The molecule has 1 atom stereocenters. The normalized spacial score (nSPS) is 18.8. The van der Waals surface area contributed by atoms with Crippen molar-refractivity contribution < 1.29 is 13.2 Å². The third-order valence-electron chi connectivity index (χ3n) is 5.70. The highest BCUT2D eigenvalue weighted by Crippen LogP contribution is 2.26. The van der Waals surface area contributed by atoms with Crippen LogP contribution in [0.4, 0.5) is 0 Å². The number of aryl methyl sites for hydroxylation is 3. The average Bonchev–Trinajstić information content (AvgIpc) is 3.17. The Hall–Kier alpha value is -1.73. The van der Waals surface area contributed by atoms with Crippen molar-refractivity contribution >= 4 is 10.0 Å². The number of hydrogen-bond acceptors (Lipinski definition) is 4. The van der Waals surface area contributed by atoms with Gasteiger partial charge in [-0.15, -0.1) is 0 Å². The Bertz CT molecular complexity index is 919. The van der Waals surface area contributed by atoms with Crippen LogP contribution in [0.1, 0.15) is 34.7 Å². The van der Waals surface area contributed by atoms with E-state index in [0.717, 1.165) is 43.5 Å². The molecule has 2 aromatic carbocycles. The number of hydrogen-bond donors (Lipinski definition) is 1. The van der Waals surface area contributed by atoms with Crippen molar-refractivity contribution in [2.45, 2.75) is 37.1 Å². The van der Waals surface area contributed by atoms with Crippen molar-refractivity contribution in [1.29, 1.82) is 0 Å². The molecule has 0 amide bonds. The van der Waals surface area contributed by atoms with Gasteiger partial charge in [0.25, 0.3) is 0 Å². The molecule has 28 heavy (non-hydrogen) atoms. The Morgan fingerprint density at radius 2 is 1.75 bits per heavy atom. The predicted octanol–water partition coefficient (Wildman–Crippen LogP) is 2.84. The molecule has 2 aromatic rings. The van der Waals surface area contributed by atoms with E-state index < -0.39 is 10.0 Å². The number of sulfonamides is 1. The summed E-state index contributed by atoms with van der Waals surface area (Å²) in [5.74, 6) is 0. The van der Waals surface area contributed by atoms with Crippen molar-refractivity contribution in [1.82, 2.24) is 9.62 Å². The van der Waals surface area contributed by atoms with Crippen molar-refractivity contribution in [3.8, 4) is 0 Å². The van der Waals surface area contributed by atoms with Gasteiger partial charge < -0.3 is 4.74 Å². The zero-order valence-corrected chi connectivity index (χ0v) is 17.2. The summed E-state index contributed by atoms with van der Waals surface area (Å²) in [7, 11) is -3.60. The number of nitrogens with one attached hydrogen (secondary N) is 1. The average molecular weight is 401 g/mol. The van der Waals surface area contributed by atoms with Crippen LogP contribution in [-0.2, 0) is 27.6 Å². The van der Waals surface area contributed by atoms with Crippen LogP contribution < -0.4 is 4.72 Å². The first-order valence-electron chi connectivity index (χ1n) is 10.0. The Morgan fingerprint density at radius 1 is 1.04 bits per heavy atom. The van der Waals surface area contributed by atoms with Crippen molar-refractivity contribution in [2.24, 2.45) is 0 Å². The fourth-order valence-electron chi connectivity index (χ4n) is 4.02. The number of benzene rings is 2. The minimum absolute atomic E-state index is 0.294. The van der Waals surface area contributed by atoms with E-state index in [9.17, 15) is 8.42 Å². The Morgan fingerprint density at radius 3 is 2.50 bits per heavy atom. The van der Waals surface area contributed by atoms with E-state index in [1.54, 1.807) is 6.07 Å². The fraction of sp³-hybridized carbons (Fsp3) is 0.455. The summed E-state index contributed by atoms with van der Waals surface area (Å²) in [6, 6.07) is 13.4. The molecule has 1 N–H and O–H groups in total. The lowest BCUT2D eigenvalue weighted by Gasteiger charge is -2.31. The van der Waals surface area contributed by atoms with Gasteiger partial charge in [-0.25, -0.2) is 13.1 Å². The van der Waals surface area contributed by atoms with Crippen molar-refractivity contribution in [2.75, 3.05) is 32.8 Å². The Kier molecular flexibility index (Phi) is 5.83. The van der Waals surface area contributed by atoms with E-state index in [2.05, 4.69) is 9.62 Å². The Labute approximate surface area is 167 Å². The van der Waals surface area contributed by atoms with Gasteiger partial charge in [0.15, 0.2) is 0 Å². The van der Waals surface area contributed by atoms with E-state index in [4.69, 9.17) is 4.74 Å². The van der Waals surface area contributed by atoms with Crippen molar-refractivity contribution in [3.05, 3.63) is 64.7 Å². The second-order valence-electron chi connectivity index (χ2n) is 7.78. The quantitative estimate of drug-likeness (QED) is 0.810. The summed E-state index contributed by atoms with van der Waals surface area (Å²) in [5.41, 5.74) is 4.60. The number of morpholine rings is 1. The molecule has 5 nitrogen and oxygen atoms in total. The van der Waals surface area contributed by atoms with Gasteiger partial charge in [0.1, 0.15) is 0 Å². The maximum Gasteiger partial charge on any atom is 0.241 e. The third kappa shape index (κ3) is 4.46. The smallest absolute Gasteiger partial charge is 0.241 e. The number of ether oxygens (including phenoxy) is 1. The van der Waals surface area contributed by atoms with Crippen LogP contribution >= 0.6 is 0 Å². The molecule has 2 aliphatic rings. The molecule has 0 unspecified atom stereocenters. The van der Waals surface area contributed by atoms with Crippen LogP contribution in [0.5, 0.6) is 0 Å². The summed E-state index contributed by atoms with van der Waals surface area (Å²) in [6.45, 7) is 5.70. The van der Waals surface area contributed by atoms with Gasteiger partial charge in [0.2, 0.25) is 10.0 Å². The molecule has 0 radical (unpaired) electrons. The molecule has 1 saturated heterocycles. The molecule has 4 rings (SSSR count). The maximum absolute atomic E-state index is 13.2. The fourth-order valence-corrected chi connectivity index (χ4v) is 5.29. The molecule has 0 saturated carbocycles. The lowest BCUT2D eigenvalue weighted by Crippen LogP contribution is -2.43. The SMILES string of the molecule is Cc1ccc([C@H](CN2CCOCC2)NS(=O)(=O)c2ccc3c(c2)CCC3)cc1. The minimum atomic E-state index is -3.60. The van der Waals surface area contributed by atoms with Gasteiger partial charge in [0.05, 0.1) is 24.2 Å². The Balaban J connectivity index is 1.59. The monoisotopic (exact) mass is 400 g/mol. The minimum Gasteiger partial charge on any atom is -0.379 e. The molecular formula is C22H28N2O3S. The maximum atomic E-state index is 13.2. The van der Waals surface area contributed by atoms with Gasteiger partial charge in [-0.2, -0.15) is 0 Å². The first kappa shape index (κ1) is 19.6. The van der Waals surface area contributed by atoms with E-state index in [-0.39, 0.29) is 6.04 Å². The molecule has 0 spiro atoms. The first-order chi connectivity index (χ1) is 13.5. The van der Waals surface area contributed by atoms with E-state index in [0.29, 0.717) is 24.7 Å². The van der Waals surface area contributed by atoms with Crippen LogP contribution in [0.2, 0.25) is 0 Å². The predicted molar refractivity (Wildman–Crippen MR) is 110 cm³/mol. The molecule has 0 aromatic heterocycles. The zero-order chi connectivity index (χ0) is 19.6. The van der Waals surface area contributed by atoms with Gasteiger partial charge in [-0.1, -0.05) is 35.9 Å². The summed E-state index contributed by atoms with van der Waals surface area (Å²) in [6.07, 6.45) is 3.12. The summed E-state index contributed by atoms with van der Waals surface area (Å²) < 4.78 is 34.7. The molecule has 1 heterocycles. The molecular weight excluding hydrogens is 372 g/mol.